The van der Waals surface area contributed by atoms with E-state index in [0.717, 1.165) is 55.5 Å². The number of aromatic nitrogens is 2. The van der Waals surface area contributed by atoms with Crippen molar-refractivity contribution >= 4 is 10.9 Å². The van der Waals surface area contributed by atoms with Crippen LogP contribution in [0.1, 0.15) is 0 Å². The fourth-order valence-corrected chi connectivity index (χ4v) is 5.23. The van der Waals surface area contributed by atoms with E-state index in [-0.39, 0.29) is 0 Å². The highest BCUT2D eigenvalue weighted by Gasteiger charge is 2.15. The van der Waals surface area contributed by atoms with Gasteiger partial charge in [-0.15, -0.1) is 0 Å². The van der Waals surface area contributed by atoms with Crippen LogP contribution in [0.3, 0.4) is 0 Å². The van der Waals surface area contributed by atoms with Crippen LogP contribution in [-0.4, -0.2) is 9.97 Å². The van der Waals surface area contributed by atoms with E-state index in [1.165, 1.54) is 5.56 Å². The Morgan fingerprint density at radius 1 is 0.300 bits per heavy atom. The van der Waals surface area contributed by atoms with Crippen LogP contribution in [-0.2, 0) is 0 Å². The monoisotopic (exact) mass is 510 g/mol. The Bertz CT molecular complexity index is 1860. The molecule has 0 N–H and O–H groups in total. The third-order valence-electron chi connectivity index (χ3n) is 7.26. The van der Waals surface area contributed by atoms with Crippen LogP contribution in [0, 0.1) is 0 Å². The summed E-state index contributed by atoms with van der Waals surface area (Å²) >= 11 is 0. The highest BCUT2D eigenvalue weighted by Crippen LogP contribution is 2.35. The van der Waals surface area contributed by atoms with E-state index in [9.17, 15) is 0 Å². The lowest BCUT2D eigenvalue weighted by molar-refractivity contribution is 1.23. The summed E-state index contributed by atoms with van der Waals surface area (Å²) in [6.07, 6.45) is 0. The van der Waals surface area contributed by atoms with Gasteiger partial charge in [-0.25, -0.2) is 9.97 Å². The molecule has 0 unspecified atom stereocenters. The van der Waals surface area contributed by atoms with E-state index in [2.05, 4.69) is 133 Å². The summed E-state index contributed by atoms with van der Waals surface area (Å²) < 4.78 is 0. The first kappa shape index (κ1) is 23.8. The molecule has 0 atom stereocenters. The molecule has 1 aromatic heterocycles. The Labute approximate surface area is 234 Å². The van der Waals surface area contributed by atoms with Crippen LogP contribution in [0.25, 0.3) is 66.9 Å². The van der Waals surface area contributed by atoms with Gasteiger partial charge in [0.15, 0.2) is 5.82 Å². The maximum Gasteiger partial charge on any atom is 0.160 e. The SMILES string of the molecule is c1ccc(-c2cc(-c3ccccc3)cc(-c3nc(-c4ccccc4)c4cc(-c5ccccc5)ccc4n3)c2)cc1. The van der Waals surface area contributed by atoms with Crippen LogP contribution in [0.5, 0.6) is 0 Å². The fourth-order valence-electron chi connectivity index (χ4n) is 5.23. The molecule has 0 radical (unpaired) electrons. The number of nitrogens with zero attached hydrogens (tertiary/aromatic N) is 2. The minimum atomic E-state index is 0.716. The van der Waals surface area contributed by atoms with Gasteiger partial charge in [0.05, 0.1) is 11.2 Å². The molecule has 2 nitrogen and oxygen atoms in total. The summed E-state index contributed by atoms with van der Waals surface area (Å²) in [5.74, 6) is 0.716. The molecule has 0 aliphatic carbocycles. The molecule has 7 aromatic rings. The fraction of sp³-hybridized carbons (Fsp3) is 0. The lowest BCUT2D eigenvalue weighted by atomic mass is 9.95. The quantitative estimate of drug-likeness (QED) is 0.230. The van der Waals surface area contributed by atoms with Crippen molar-refractivity contribution in [2.75, 3.05) is 0 Å². The first-order valence-corrected chi connectivity index (χ1v) is 13.5. The smallest absolute Gasteiger partial charge is 0.160 e. The van der Waals surface area contributed by atoms with Crippen LogP contribution < -0.4 is 0 Å². The molecule has 2 heteroatoms. The van der Waals surface area contributed by atoms with Gasteiger partial charge in [-0.1, -0.05) is 127 Å². The first-order valence-electron chi connectivity index (χ1n) is 13.5. The zero-order valence-corrected chi connectivity index (χ0v) is 21.9. The molecule has 0 amide bonds. The Morgan fingerprint density at radius 2 is 0.750 bits per heavy atom. The van der Waals surface area contributed by atoms with Gasteiger partial charge in [-0.2, -0.15) is 0 Å². The highest BCUT2D eigenvalue weighted by molar-refractivity contribution is 5.96. The average molecular weight is 511 g/mol. The zero-order chi connectivity index (χ0) is 26.7. The van der Waals surface area contributed by atoms with Crippen molar-refractivity contribution in [3.05, 3.63) is 158 Å². The largest absolute Gasteiger partial charge is 0.228 e. The molecular weight excluding hydrogens is 484 g/mol. The molecular formula is C38H26N2. The maximum absolute atomic E-state index is 5.23. The Balaban J connectivity index is 1.46. The van der Waals surface area contributed by atoms with Gasteiger partial charge in [0.25, 0.3) is 0 Å². The van der Waals surface area contributed by atoms with Crippen molar-refractivity contribution < 1.29 is 0 Å². The van der Waals surface area contributed by atoms with Crippen molar-refractivity contribution in [2.24, 2.45) is 0 Å². The number of hydrogen-bond donors (Lipinski definition) is 0. The summed E-state index contributed by atoms with van der Waals surface area (Å²) in [6.45, 7) is 0. The van der Waals surface area contributed by atoms with Crippen molar-refractivity contribution in [1.29, 1.82) is 0 Å². The van der Waals surface area contributed by atoms with Crippen molar-refractivity contribution in [3.63, 3.8) is 0 Å². The van der Waals surface area contributed by atoms with E-state index >= 15 is 0 Å². The average Bonchev–Trinajstić information content (AvgIpc) is 3.05. The van der Waals surface area contributed by atoms with Crippen molar-refractivity contribution in [2.45, 2.75) is 0 Å². The molecule has 0 aliphatic heterocycles. The minimum Gasteiger partial charge on any atom is -0.228 e. The molecule has 0 spiro atoms. The lowest BCUT2D eigenvalue weighted by Gasteiger charge is -2.14. The molecule has 0 fully saturated rings. The second kappa shape index (κ2) is 10.4. The molecule has 0 saturated heterocycles. The maximum atomic E-state index is 5.23. The third-order valence-corrected chi connectivity index (χ3v) is 7.26. The van der Waals surface area contributed by atoms with Crippen LogP contribution in [0.4, 0.5) is 0 Å². The number of hydrogen-bond acceptors (Lipinski definition) is 2. The van der Waals surface area contributed by atoms with Crippen LogP contribution >= 0.6 is 0 Å². The van der Waals surface area contributed by atoms with Crippen LogP contribution in [0.15, 0.2) is 158 Å². The van der Waals surface area contributed by atoms with Gasteiger partial charge in [0.1, 0.15) is 0 Å². The van der Waals surface area contributed by atoms with Crippen molar-refractivity contribution in [1.82, 2.24) is 9.97 Å². The van der Waals surface area contributed by atoms with Gasteiger partial charge >= 0.3 is 0 Å². The van der Waals surface area contributed by atoms with Gasteiger partial charge in [-0.3, -0.25) is 0 Å². The molecule has 188 valence electrons. The second-order valence-corrected chi connectivity index (χ2v) is 9.89. The normalized spacial score (nSPS) is 11.0. The predicted molar refractivity (Wildman–Crippen MR) is 167 cm³/mol. The predicted octanol–water partition coefficient (Wildman–Crippen LogP) is 9.96. The summed E-state index contributed by atoms with van der Waals surface area (Å²) in [6, 6.07) is 55.0. The molecule has 0 bridgehead atoms. The van der Waals surface area contributed by atoms with Gasteiger partial charge in [-0.05, 0) is 63.7 Å². The van der Waals surface area contributed by atoms with E-state index in [1.54, 1.807) is 0 Å². The number of benzene rings is 6. The third kappa shape index (κ3) is 4.68. The topological polar surface area (TPSA) is 25.8 Å². The number of fused-ring (bicyclic) bond motifs is 1. The van der Waals surface area contributed by atoms with E-state index < -0.39 is 0 Å². The van der Waals surface area contributed by atoms with Gasteiger partial charge in [0.2, 0.25) is 0 Å². The summed E-state index contributed by atoms with van der Waals surface area (Å²) in [5.41, 5.74) is 10.9. The molecule has 40 heavy (non-hydrogen) atoms. The summed E-state index contributed by atoms with van der Waals surface area (Å²) in [5, 5.41) is 1.04. The molecule has 7 rings (SSSR count). The molecule has 0 aliphatic rings. The standard InChI is InChI=1S/C38H26N2/c1-5-13-27(14-6-1)31-21-22-36-35(26-31)37(30-19-11-4-12-20-30)40-38(39-36)34-24-32(28-15-7-2-8-16-28)23-33(25-34)29-17-9-3-10-18-29/h1-26H. The summed E-state index contributed by atoms with van der Waals surface area (Å²) in [7, 11) is 0. The number of rotatable bonds is 5. The van der Waals surface area contributed by atoms with E-state index in [0.29, 0.717) is 5.82 Å². The molecule has 0 saturated carbocycles. The summed E-state index contributed by atoms with van der Waals surface area (Å²) in [4.78, 5) is 10.4. The Morgan fingerprint density at radius 3 is 1.27 bits per heavy atom. The van der Waals surface area contributed by atoms with Crippen LogP contribution in [0.2, 0.25) is 0 Å². The van der Waals surface area contributed by atoms with Gasteiger partial charge in [0, 0.05) is 16.5 Å². The van der Waals surface area contributed by atoms with Crippen molar-refractivity contribution in [3.8, 4) is 56.0 Å². The van der Waals surface area contributed by atoms with E-state index in [1.807, 2.05) is 24.3 Å². The molecule has 1 heterocycles. The lowest BCUT2D eigenvalue weighted by Crippen LogP contribution is -1.96. The Kier molecular flexibility index (Phi) is 6.20. The zero-order valence-electron chi connectivity index (χ0n) is 21.9. The minimum absolute atomic E-state index is 0.716. The first-order chi connectivity index (χ1) is 19.8. The molecule has 6 aromatic carbocycles. The Hall–Kier alpha value is -5.34. The van der Waals surface area contributed by atoms with Gasteiger partial charge < -0.3 is 0 Å². The second-order valence-electron chi connectivity index (χ2n) is 9.89. The highest BCUT2D eigenvalue weighted by atomic mass is 14.9. The van der Waals surface area contributed by atoms with E-state index in [4.69, 9.17) is 9.97 Å².